The summed E-state index contributed by atoms with van der Waals surface area (Å²) in [6, 6.07) is -3.43. The van der Waals surface area contributed by atoms with Crippen molar-refractivity contribution in [3.8, 4) is 0 Å². The molecule has 3 amide bonds. The largest absolute Gasteiger partial charge is 0.480 e. The van der Waals surface area contributed by atoms with Crippen molar-refractivity contribution in [1.82, 2.24) is 15.5 Å². The number of thioether (sulfide) groups is 1. The van der Waals surface area contributed by atoms with Crippen molar-refractivity contribution in [2.24, 2.45) is 5.73 Å². The zero-order chi connectivity index (χ0) is 20.6. The molecule has 154 valence electrons. The molecule has 0 bridgehead atoms. The van der Waals surface area contributed by atoms with Crippen molar-refractivity contribution < 1.29 is 24.3 Å². The van der Waals surface area contributed by atoms with Gasteiger partial charge in [0.15, 0.2) is 0 Å². The van der Waals surface area contributed by atoms with Crippen LogP contribution in [0.1, 0.15) is 26.2 Å². The summed E-state index contributed by atoms with van der Waals surface area (Å²) in [6.07, 6.45) is 3.26. The van der Waals surface area contributed by atoms with Gasteiger partial charge in [-0.2, -0.15) is 24.4 Å². The first-order valence-corrected chi connectivity index (χ1v) is 10.7. The number of hydrogen-bond donors (Lipinski definition) is 5. The smallest absolute Gasteiger partial charge is 0.326 e. The van der Waals surface area contributed by atoms with E-state index in [4.69, 9.17) is 5.73 Å². The molecule has 9 nitrogen and oxygen atoms in total. The van der Waals surface area contributed by atoms with E-state index in [1.165, 1.54) is 23.6 Å². The van der Waals surface area contributed by atoms with Crippen LogP contribution >= 0.6 is 24.4 Å². The second-order valence-electron chi connectivity index (χ2n) is 6.39. The summed E-state index contributed by atoms with van der Waals surface area (Å²) in [5.74, 6) is -1.72. The lowest BCUT2D eigenvalue weighted by Gasteiger charge is -2.27. The number of hydrogen-bond acceptors (Lipinski definition) is 7. The van der Waals surface area contributed by atoms with E-state index in [1.54, 1.807) is 0 Å². The third-order valence-electron chi connectivity index (χ3n) is 4.33. The summed E-state index contributed by atoms with van der Waals surface area (Å²) in [4.78, 5) is 49.6. The number of nitrogens with zero attached hydrogens (tertiary/aromatic N) is 1. The van der Waals surface area contributed by atoms with Gasteiger partial charge in [0.05, 0.1) is 6.04 Å². The summed E-state index contributed by atoms with van der Waals surface area (Å²) in [7, 11) is 0. The highest BCUT2D eigenvalue weighted by Gasteiger charge is 2.36. The second-order valence-corrected chi connectivity index (χ2v) is 7.74. The molecule has 0 saturated carbocycles. The van der Waals surface area contributed by atoms with Gasteiger partial charge in [-0.05, 0) is 38.2 Å². The van der Waals surface area contributed by atoms with Crippen LogP contribution in [0.15, 0.2) is 0 Å². The fourth-order valence-corrected chi connectivity index (χ4v) is 3.42. The molecule has 0 radical (unpaired) electrons. The molecule has 1 fully saturated rings. The lowest BCUT2D eigenvalue weighted by Crippen LogP contribution is -2.56. The first kappa shape index (κ1) is 23.6. The number of amides is 3. The van der Waals surface area contributed by atoms with Crippen molar-refractivity contribution in [3.63, 3.8) is 0 Å². The fraction of sp³-hybridized carbons (Fsp3) is 0.750. The third-order valence-corrected chi connectivity index (χ3v) is 5.36. The molecule has 0 spiro atoms. The van der Waals surface area contributed by atoms with E-state index < -0.39 is 47.9 Å². The Bertz CT molecular complexity index is 563. The Balaban J connectivity index is 2.73. The first-order chi connectivity index (χ1) is 12.7. The van der Waals surface area contributed by atoms with Gasteiger partial charge >= 0.3 is 5.97 Å². The van der Waals surface area contributed by atoms with Gasteiger partial charge in [-0.3, -0.25) is 14.4 Å². The molecular formula is C16H28N4O5S2. The number of thiol groups is 1. The van der Waals surface area contributed by atoms with Gasteiger partial charge in [-0.15, -0.1) is 0 Å². The standard InChI is InChI=1S/C16H28N4O5S2/c1-9(15(23)20-6-3-4-12(20)16(24)25)18-14(22)11(5-7-27-2)19-13(21)10(17)8-26/h9-12,26H,3-8,17H2,1-2H3,(H,18,22)(H,19,21)(H,24,25). The number of aliphatic carboxylic acids is 1. The normalized spacial score (nSPS) is 19.9. The van der Waals surface area contributed by atoms with E-state index in [0.717, 1.165) is 0 Å². The number of carbonyl (C=O) groups excluding carboxylic acids is 3. The molecule has 1 saturated heterocycles. The molecule has 1 rings (SSSR count). The topological polar surface area (TPSA) is 142 Å². The van der Waals surface area contributed by atoms with Crippen molar-refractivity contribution in [3.05, 3.63) is 0 Å². The monoisotopic (exact) mass is 420 g/mol. The fourth-order valence-electron chi connectivity index (χ4n) is 2.78. The number of carboxylic acids is 1. The van der Waals surface area contributed by atoms with Crippen LogP contribution < -0.4 is 16.4 Å². The van der Waals surface area contributed by atoms with Gasteiger partial charge in [-0.1, -0.05) is 0 Å². The molecular weight excluding hydrogens is 392 g/mol. The van der Waals surface area contributed by atoms with E-state index in [1.807, 2.05) is 6.26 Å². The molecule has 27 heavy (non-hydrogen) atoms. The van der Waals surface area contributed by atoms with Gasteiger partial charge in [0.2, 0.25) is 17.7 Å². The molecule has 11 heteroatoms. The van der Waals surface area contributed by atoms with Gasteiger partial charge < -0.3 is 26.4 Å². The van der Waals surface area contributed by atoms with Crippen LogP contribution in [0.5, 0.6) is 0 Å². The van der Waals surface area contributed by atoms with E-state index in [2.05, 4.69) is 23.3 Å². The highest BCUT2D eigenvalue weighted by molar-refractivity contribution is 7.98. The minimum absolute atomic E-state index is 0.142. The number of rotatable bonds is 10. The van der Waals surface area contributed by atoms with Gasteiger partial charge in [-0.25, -0.2) is 4.79 Å². The molecule has 0 aromatic rings. The Morgan fingerprint density at radius 1 is 1.30 bits per heavy atom. The van der Waals surface area contributed by atoms with Crippen molar-refractivity contribution in [2.75, 3.05) is 24.3 Å². The maximum Gasteiger partial charge on any atom is 0.326 e. The Morgan fingerprint density at radius 2 is 1.96 bits per heavy atom. The number of carboxylic acid groups (broad SMARTS) is 1. The van der Waals surface area contributed by atoms with Crippen molar-refractivity contribution in [1.29, 1.82) is 0 Å². The van der Waals surface area contributed by atoms with E-state index in [-0.39, 0.29) is 5.75 Å². The van der Waals surface area contributed by atoms with Crippen LogP contribution in [-0.2, 0) is 19.2 Å². The molecule has 0 aromatic heterocycles. The third kappa shape index (κ3) is 6.89. The Labute approximate surface area is 168 Å². The predicted octanol–water partition coefficient (Wildman–Crippen LogP) is -0.938. The molecule has 1 heterocycles. The van der Waals surface area contributed by atoms with Gasteiger partial charge in [0.25, 0.3) is 0 Å². The summed E-state index contributed by atoms with van der Waals surface area (Å²) < 4.78 is 0. The lowest BCUT2D eigenvalue weighted by atomic mass is 10.1. The summed E-state index contributed by atoms with van der Waals surface area (Å²) in [5.41, 5.74) is 5.63. The molecule has 4 atom stereocenters. The average Bonchev–Trinajstić information content (AvgIpc) is 3.13. The van der Waals surface area contributed by atoms with E-state index >= 15 is 0 Å². The highest BCUT2D eigenvalue weighted by Crippen LogP contribution is 2.18. The maximum atomic E-state index is 12.6. The van der Waals surface area contributed by atoms with Crippen LogP contribution in [0, 0.1) is 0 Å². The summed E-state index contributed by atoms with van der Waals surface area (Å²) in [6.45, 7) is 1.85. The number of carbonyl (C=O) groups is 4. The quantitative estimate of drug-likeness (QED) is 0.287. The van der Waals surface area contributed by atoms with Crippen LogP contribution in [0.25, 0.3) is 0 Å². The zero-order valence-corrected chi connectivity index (χ0v) is 17.2. The highest BCUT2D eigenvalue weighted by atomic mass is 32.2. The summed E-state index contributed by atoms with van der Waals surface area (Å²) >= 11 is 5.49. The molecule has 1 aliphatic rings. The molecule has 1 aliphatic heterocycles. The Hall–Kier alpha value is -1.46. The Kier molecular flexibility index (Phi) is 9.95. The van der Waals surface area contributed by atoms with E-state index in [0.29, 0.717) is 31.6 Å². The minimum Gasteiger partial charge on any atom is -0.480 e. The first-order valence-electron chi connectivity index (χ1n) is 8.72. The molecule has 5 N–H and O–H groups in total. The maximum absolute atomic E-state index is 12.6. The summed E-state index contributed by atoms with van der Waals surface area (Å²) in [5, 5.41) is 14.4. The van der Waals surface area contributed by atoms with Crippen LogP contribution in [0.3, 0.4) is 0 Å². The van der Waals surface area contributed by atoms with E-state index in [9.17, 15) is 24.3 Å². The molecule has 0 aliphatic carbocycles. The average molecular weight is 421 g/mol. The number of nitrogens with one attached hydrogen (secondary N) is 2. The van der Waals surface area contributed by atoms with Crippen molar-refractivity contribution >= 4 is 48.1 Å². The van der Waals surface area contributed by atoms with Gasteiger partial charge in [0.1, 0.15) is 18.1 Å². The van der Waals surface area contributed by atoms with Gasteiger partial charge in [0, 0.05) is 12.3 Å². The minimum atomic E-state index is -1.05. The molecule has 4 unspecified atom stereocenters. The number of nitrogens with two attached hydrogens (primary N) is 1. The SMILES string of the molecule is CSCCC(NC(=O)C(N)CS)C(=O)NC(C)C(=O)N1CCCC1C(=O)O. The number of likely N-dealkylation sites (tertiary alicyclic amines) is 1. The molecule has 0 aromatic carbocycles. The van der Waals surface area contributed by atoms with Crippen molar-refractivity contribution in [2.45, 2.75) is 50.4 Å². The second kappa shape index (κ2) is 11.4. The van der Waals surface area contributed by atoms with Crippen LogP contribution in [0.4, 0.5) is 0 Å². The predicted molar refractivity (Wildman–Crippen MR) is 107 cm³/mol. The van der Waals surface area contributed by atoms with Crippen LogP contribution in [0.2, 0.25) is 0 Å². The zero-order valence-electron chi connectivity index (χ0n) is 15.5. The van der Waals surface area contributed by atoms with Crippen LogP contribution in [-0.4, -0.2) is 82.2 Å². The lowest BCUT2D eigenvalue weighted by molar-refractivity contribution is -0.149. The Morgan fingerprint density at radius 3 is 2.52 bits per heavy atom.